The minimum Gasteiger partial charge on any atom is -0.497 e. The third kappa shape index (κ3) is 4.75. The molecule has 0 radical (unpaired) electrons. The highest BCUT2D eigenvalue weighted by molar-refractivity contribution is 5.79. The number of hydrogen-bond donors (Lipinski definition) is 1. The molecular weight excluding hydrogens is 384 g/mol. The van der Waals surface area contributed by atoms with E-state index in [1.165, 1.54) is 0 Å². The molecule has 0 amide bonds. The number of nitrogens with zero attached hydrogens (tertiary/aromatic N) is 2. The molecule has 0 saturated carbocycles. The van der Waals surface area contributed by atoms with E-state index in [4.69, 9.17) is 18.6 Å². The molecular formula is C23H26N2O5. The van der Waals surface area contributed by atoms with Gasteiger partial charge in [-0.25, -0.2) is 0 Å². The fourth-order valence-corrected chi connectivity index (χ4v) is 3.52. The predicted molar refractivity (Wildman–Crippen MR) is 113 cm³/mol. The normalized spacial score (nSPS) is 15.4. The fourth-order valence-electron chi connectivity index (χ4n) is 3.52. The van der Waals surface area contributed by atoms with Crippen LogP contribution in [0, 0.1) is 0 Å². The Hall–Kier alpha value is -3.03. The van der Waals surface area contributed by atoms with Crippen LogP contribution in [0.2, 0.25) is 0 Å². The summed E-state index contributed by atoms with van der Waals surface area (Å²) in [4.78, 5) is 2.39. The van der Waals surface area contributed by atoms with Crippen molar-refractivity contribution in [3.05, 3.63) is 53.9 Å². The zero-order valence-corrected chi connectivity index (χ0v) is 17.0. The lowest BCUT2D eigenvalue weighted by Crippen LogP contribution is -2.37. The Kier molecular flexibility index (Phi) is 6.51. The minimum atomic E-state index is 0.445. The van der Waals surface area contributed by atoms with Gasteiger partial charge in [-0.3, -0.25) is 4.90 Å². The Balaban J connectivity index is 1.50. The number of morpholine rings is 1. The van der Waals surface area contributed by atoms with Gasteiger partial charge >= 0.3 is 0 Å². The van der Waals surface area contributed by atoms with Crippen molar-refractivity contribution in [1.29, 1.82) is 0 Å². The van der Waals surface area contributed by atoms with E-state index in [1.807, 2.05) is 42.5 Å². The lowest BCUT2D eigenvalue weighted by molar-refractivity contribution is 0.0358. The molecule has 1 N–H and O–H groups in total. The molecule has 2 heterocycles. The van der Waals surface area contributed by atoms with Crippen molar-refractivity contribution < 1.29 is 23.8 Å². The van der Waals surface area contributed by atoms with E-state index < -0.39 is 0 Å². The van der Waals surface area contributed by atoms with Crippen LogP contribution in [-0.4, -0.2) is 56.7 Å². The van der Waals surface area contributed by atoms with E-state index in [2.05, 4.69) is 10.1 Å². The molecule has 4 rings (SSSR count). The van der Waals surface area contributed by atoms with Crippen molar-refractivity contribution in [2.45, 2.75) is 6.42 Å². The Morgan fingerprint density at radius 1 is 1.03 bits per heavy atom. The number of benzene rings is 2. The molecule has 0 spiro atoms. The molecule has 0 atom stereocenters. The highest BCUT2D eigenvalue weighted by atomic mass is 16.5. The highest BCUT2D eigenvalue weighted by Gasteiger charge is 2.10. The maximum atomic E-state index is 9.47. The van der Waals surface area contributed by atoms with E-state index in [9.17, 15) is 5.21 Å². The summed E-state index contributed by atoms with van der Waals surface area (Å²) in [5.41, 5.74) is 1.46. The molecule has 7 nitrogen and oxygen atoms in total. The maximum absolute atomic E-state index is 9.47. The summed E-state index contributed by atoms with van der Waals surface area (Å²) in [5.74, 6) is 2.09. The molecule has 30 heavy (non-hydrogen) atoms. The lowest BCUT2D eigenvalue weighted by Gasteiger charge is -2.26. The van der Waals surface area contributed by atoms with Crippen molar-refractivity contribution in [3.63, 3.8) is 0 Å². The zero-order valence-electron chi connectivity index (χ0n) is 17.0. The zero-order chi connectivity index (χ0) is 20.8. The van der Waals surface area contributed by atoms with Gasteiger partial charge < -0.3 is 23.8 Å². The van der Waals surface area contributed by atoms with Crippen molar-refractivity contribution >= 4 is 11.0 Å². The van der Waals surface area contributed by atoms with Gasteiger partial charge in [-0.2, -0.15) is 0 Å². The van der Waals surface area contributed by atoms with Gasteiger partial charge in [-0.05, 0) is 42.8 Å². The SMILES string of the molecule is COc1ccc(-c2c/c(=N\O)c3ccc(OCCCN4CCOCC4)cc3o2)cc1. The van der Waals surface area contributed by atoms with Gasteiger partial charge in [0, 0.05) is 42.7 Å². The molecule has 0 aliphatic carbocycles. The smallest absolute Gasteiger partial charge is 0.140 e. The van der Waals surface area contributed by atoms with Gasteiger partial charge in [0.15, 0.2) is 0 Å². The van der Waals surface area contributed by atoms with Gasteiger partial charge in [0.2, 0.25) is 0 Å². The maximum Gasteiger partial charge on any atom is 0.140 e. The van der Waals surface area contributed by atoms with Crippen LogP contribution in [0.5, 0.6) is 11.5 Å². The van der Waals surface area contributed by atoms with Crippen LogP contribution in [0.1, 0.15) is 6.42 Å². The molecule has 0 unspecified atom stereocenters. The van der Waals surface area contributed by atoms with Crippen molar-refractivity contribution in [1.82, 2.24) is 4.90 Å². The van der Waals surface area contributed by atoms with Crippen molar-refractivity contribution in [3.8, 4) is 22.8 Å². The molecule has 1 fully saturated rings. The van der Waals surface area contributed by atoms with E-state index in [0.717, 1.165) is 61.7 Å². The molecule has 1 aliphatic heterocycles. The van der Waals surface area contributed by atoms with Crippen LogP contribution in [0.25, 0.3) is 22.3 Å². The molecule has 7 heteroatoms. The van der Waals surface area contributed by atoms with Crippen LogP contribution in [-0.2, 0) is 4.74 Å². The summed E-state index contributed by atoms with van der Waals surface area (Å²) in [7, 11) is 1.63. The Morgan fingerprint density at radius 2 is 1.80 bits per heavy atom. The first-order valence-corrected chi connectivity index (χ1v) is 10.1. The number of hydrogen-bond acceptors (Lipinski definition) is 7. The average Bonchev–Trinajstić information content (AvgIpc) is 2.81. The van der Waals surface area contributed by atoms with Crippen LogP contribution >= 0.6 is 0 Å². The van der Waals surface area contributed by atoms with E-state index in [1.54, 1.807) is 13.2 Å². The first-order chi connectivity index (χ1) is 14.8. The van der Waals surface area contributed by atoms with Crippen LogP contribution in [0.4, 0.5) is 0 Å². The van der Waals surface area contributed by atoms with Gasteiger partial charge in [-0.15, -0.1) is 0 Å². The molecule has 0 bridgehead atoms. The summed E-state index contributed by atoms with van der Waals surface area (Å²) in [5, 5.41) is 14.1. The quantitative estimate of drug-likeness (QED) is 0.365. The summed E-state index contributed by atoms with van der Waals surface area (Å²) in [6.45, 7) is 5.20. The average molecular weight is 410 g/mol. The third-order valence-electron chi connectivity index (χ3n) is 5.19. The number of ether oxygens (including phenoxy) is 3. The summed E-state index contributed by atoms with van der Waals surface area (Å²) < 4.78 is 22.6. The van der Waals surface area contributed by atoms with Gasteiger partial charge in [0.25, 0.3) is 0 Å². The second kappa shape index (κ2) is 9.65. The van der Waals surface area contributed by atoms with Crippen LogP contribution in [0.15, 0.2) is 58.1 Å². The topological polar surface area (TPSA) is 76.7 Å². The van der Waals surface area contributed by atoms with E-state index >= 15 is 0 Å². The Bertz CT molecular complexity index is 1040. The van der Waals surface area contributed by atoms with Gasteiger partial charge in [0.1, 0.15) is 28.2 Å². The molecule has 1 aromatic heterocycles. The van der Waals surface area contributed by atoms with Crippen LogP contribution in [0.3, 0.4) is 0 Å². The Labute approximate surface area is 175 Å². The van der Waals surface area contributed by atoms with Crippen molar-refractivity contribution in [2.24, 2.45) is 5.16 Å². The minimum absolute atomic E-state index is 0.445. The second-order valence-corrected chi connectivity index (χ2v) is 7.14. The molecule has 1 saturated heterocycles. The summed E-state index contributed by atoms with van der Waals surface area (Å²) in [6, 6.07) is 14.8. The van der Waals surface area contributed by atoms with Gasteiger partial charge in [0.05, 0.1) is 26.9 Å². The largest absolute Gasteiger partial charge is 0.497 e. The number of methoxy groups -OCH3 is 1. The van der Waals surface area contributed by atoms with E-state index in [0.29, 0.717) is 23.3 Å². The second-order valence-electron chi connectivity index (χ2n) is 7.14. The number of fused-ring (bicyclic) bond motifs is 1. The van der Waals surface area contributed by atoms with Gasteiger partial charge in [-0.1, -0.05) is 5.16 Å². The van der Waals surface area contributed by atoms with E-state index in [-0.39, 0.29) is 0 Å². The number of rotatable bonds is 7. The van der Waals surface area contributed by atoms with Crippen molar-refractivity contribution in [2.75, 3.05) is 46.6 Å². The molecule has 3 aromatic rings. The van der Waals surface area contributed by atoms with Crippen LogP contribution < -0.4 is 14.8 Å². The molecule has 1 aliphatic rings. The summed E-state index contributed by atoms with van der Waals surface area (Å²) >= 11 is 0. The Morgan fingerprint density at radius 3 is 2.53 bits per heavy atom. The standard InChI is InChI=1S/C23H26N2O5/c1-27-18-5-3-17(4-6-18)22-16-21(24-26)20-8-7-19(15-23(20)30-22)29-12-2-9-25-10-13-28-14-11-25/h3-8,15-16,26H,2,9-14H2,1H3/b24-21+. The first kappa shape index (κ1) is 20.3. The third-order valence-corrected chi connectivity index (χ3v) is 5.19. The molecule has 158 valence electrons. The lowest BCUT2D eigenvalue weighted by atomic mass is 10.1. The fraction of sp³-hybridized carbons (Fsp3) is 0.348. The molecule has 2 aromatic carbocycles. The monoisotopic (exact) mass is 410 g/mol. The highest BCUT2D eigenvalue weighted by Crippen LogP contribution is 2.26. The predicted octanol–water partition coefficient (Wildman–Crippen LogP) is 3.50. The first-order valence-electron chi connectivity index (χ1n) is 10.1. The summed E-state index contributed by atoms with van der Waals surface area (Å²) in [6.07, 6.45) is 0.943.